The van der Waals surface area contributed by atoms with Crippen LogP contribution in [0.5, 0.6) is 0 Å². The van der Waals surface area contributed by atoms with Crippen molar-refractivity contribution >= 4 is 11.9 Å². The fourth-order valence-corrected chi connectivity index (χ4v) is 2.01. The van der Waals surface area contributed by atoms with E-state index in [0.717, 1.165) is 6.42 Å². The van der Waals surface area contributed by atoms with E-state index in [1.165, 1.54) is 0 Å². The van der Waals surface area contributed by atoms with Crippen molar-refractivity contribution in [1.29, 1.82) is 0 Å². The lowest BCUT2D eigenvalue weighted by molar-refractivity contribution is -0.173. The number of aliphatic hydroxyl groups is 1. The molecule has 5 nitrogen and oxygen atoms in total. The minimum atomic E-state index is -1.19. The molecule has 0 heterocycles. The zero-order valence-corrected chi connectivity index (χ0v) is 12.2. The number of hydrogen-bond acceptors (Lipinski definition) is 5. The Kier molecular flexibility index (Phi) is 9.21. The highest BCUT2D eigenvalue weighted by atomic mass is 16.6. The monoisotopic (exact) mass is 274 g/mol. The van der Waals surface area contributed by atoms with Crippen LogP contribution in [0.3, 0.4) is 0 Å². The first-order chi connectivity index (χ1) is 9.08. The molecule has 0 aliphatic heterocycles. The molecule has 0 rings (SSSR count). The lowest BCUT2D eigenvalue weighted by atomic mass is 9.80. The number of esters is 2. The number of aliphatic hydroxyl groups excluding tert-OH is 1. The van der Waals surface area contributed by atoms with Crippen molar-refractivity contribution in [2.45, 2.75) is 52.9 Å². The van der Waals surface area contributed by atoms with Crippen LogP contribution in [0.4, 0.5) is 0 Å². The maximum absolute atomic E-state index is 12.1. The van der Waals surface area contributed by atoms with E-state index in [1.54, 1.807) is 20.8 Å². The van der Waals surface area contributed by atoms with Gasteiger partial charge in [0.15, 0.2) is 5.41 Å². The van der Waals surface area contributed by atoms with E-state index in [9.17, 15) is 9.59 Å². The normalized spacial score (nSPS) is 11.2. The average Bonchev–Trinajstić information content (AvgIpc) is 2.40. The van der Waals surface area contributed by atoms with E-state index < -0.39 is 17.4 Å². The summed E-state index contributed by atoms with van der Waals surface area (Å²) in [5.74, 6) is -1.00. The Labute approximate surface area is 115 Å². The minimum Gasteiger partial charge on any atom is -0.465 e. The summed E-state index contributed by atoms with van der Waals surface area (Å²) in [4.78, 5) is 24.2. The molecule has 112 valence electrons. The molecule has 0 aliphatic rings. The molecule has 0 aromatic heterocycles. The summed E-state index contributed by atoms with van der Waals surface area (Å²) in [7, 11) is 0. The maximum atomic E-state index is 12.1. The molecule has 0 aromatic rings. The van der Waals surface area contributed by atoms with Gasteiger partial charge >= 0.3 is 11.9 Å². The van der Waals surface area contributed by atoms with Gasteiger partial charge in [-0.1, -0.05) is 19.8 Å². The van der Waals surface area contributed by atoms with Gasteiger partial charge in [0.2, 0.25) is 0 Å². The summed E-state index contributed by atoms with van der Waals surface area (Å²) in [6, 6.07) is 0. The molecule has 0 saturated heterocycles. The van der Waals surface area contributed by atoms with Crippen molar-refractivity contribution in [2.24, 2.45) is 5.41 Å². The van der Waals surface area contributed by atoms with E-state index in [-0.39, 0.29) is 19.8 Å². The molecule has 0 aromatic carbocycles. The predicted octanol–water partition coefficient (Wildman–Crippen LogP) is 2.06. The molecule has 0 amide bonds. The van der Waals surface area contributed by atoms with Crippen LogP contribution in [0.15, 0.2) is 0 Å². The van der Waals surface area contributed by atoms with Crippen LogP contribution >= 0.6 is 0 Å². The Morgan fingerprint density at radius 1 is 0.947 bits per heavy atom. The minimum absolute atomic E-state index is 0.123. The molecule has 0 saturated carbocycles. The van der Waals surface area contributed by atoms with E-state index in [4.69, 9.17) is 14.6 Å². The fourth-order valence-electron chi connectivity index (χ4n) is 2.01. The van der Waals surface area contributed by atoms with Crippen LogP contribution in [0.1, 0.15) is 52.9 Å². The molecule has 0 fully saturated rings. The van der Waals surface area contributed by atoms with Crippen LogP contribution in [-0.4, -0.2) is 36.9 Å². The molecule has 5 heteroatoms. The van der Waals surface area contributed by atoms with Crippen molar-refractivity contribution in [3.63, 3.8) is 0 Å². The van der Waals surface area contributed by atoms with Crippen molar-refractivity contribution in [1.82, 2.24) is 0 Å². The van der Waals surface area contributed by atoms with Crippen molar-refractivity contribution in [3.05, 3.63) is 0 Å². The van der Waals surface area contributed by atoms with Gasteiger partial charge in [-0.05, 0) is 33.1 Å². The van der Waals surface area contributed by atoms with Gasteiger partial charge in [0.1, 0.15) is 0 Å². The van der Waals surface area contributed by atoms with Crippen LogP contribution in [0.25, 0.3) is 0 Å². The van der Waals surface area contributed by atoms with Crippen molar-refractivity contribution in [2.75, 3.05) is 19.8 Å². The third-order valence-corrected chi connectivity index (χ3v) is 3.20. The highest BCUT2D eigenvalue weighted by Crippen LogP contribution is 2.32. The first kappa shape index (κ1) is 17.9. The van der Waals surface area contributed by atoms with Gasteiger partial charge in [-0.2, -0.15) is 0 Å². The average molecular weight is 274 g/mol. The smallest absolute Gasteiger partial charge is 0.323 e. The Bertz CT molecular complexity index is 257. The van der Waals surface area contributed by atoms with Gasteiger partial charge in [-0.25, -0.2) is 0 Å². The Morgan fingerprint density at radius 2 is 1.47 bits per heavy atom. The molecule has 0 spiro atoms. The second-order valence-corrected chi connectivity index (χ2v) is 4.41. The van der Waals surface area contributed by atoms with Gasteiger partial charge in [-0.3, -0.25) is 9.59 Å². The highest BCUT2D eigenvalue weighted by molar-refractivity contribution is 6.00. The van der Waals surface area contributed by atoms with Gasteiger partial charge in [0.25, 0.3) is 0 Å². The fraction of sp³-hybridized carbons (Fsp3) is 0.857. The van der Waals surface area contributed by atoms with Crippen LogP contribution in [-0.2, 0) is 19.1 Å². The Hall–Kier alpha value is -1.10. The Morgan fingerprint density at radius 3 is 1.84 bits per heavy atom. The Balaban J connectivity index is 4.84. The molecular formula is C14H26O5. The quantitative estimate of drug-likeness (QED) is 0.375. The number of unbranched alkanes of at least 4 members (excludes halogenated alkanes) is 2. The molecule has 0 aliphatic carbocycles. The molecule has 0 unspecified atom stereocenters. The maximum Gasteiger partial charge on any atom is 0.323 e. The topological polar surface area (TPSA) is 72.8 Å². The van der Waals surface area contributed by atoms with E-state index in [1.807, 2.05) is 0 Å². The molecule has 19 heavy (non-hydrogen) atoms. The first-order valence-corrected chi connectivity index (χ1v) is 7.04. The van der Waals surface area contributed by atoms with E-state index in [2.05, 4.69) is 0 Å². The number of rotatable bonds is 10. The van der Waals surface area contributed by atoms with E-state index >= 15 is 0 Å². The van der Waals surface area contributed by atoms with Gasteiger partial charge < -0.3 is 14.6 Å². The van der Waals surface area contributed by atoms with Crippen LogP contribution in [0.2, 0.25) is 0 Å². The zero-order chi connectivity index (χ0) is 14.7. The summed E-state index contributed by atoms with van der Waals surface area (Å²) < 4.78 is 10.1. The van der Waals surface area contributed by atoms with Crippen molar-refractivity contribution < 1.29 is 24.2 Å². The van der Waals surface area contributed by atoms with Crippen LogP contribution < -0.4 is 0 Å². The summed E-state index contributed by atoms with van der Waals surface area (Å²) >= 11 is 0. The second-order valence-electron chi connectivity index (χ2n) is 4.41. The number of carbonyl (C=O) groups excluding carboxylic acids is 2. The van der Waals surface area contributed by atoms with Crippen LogP contribution in [0, 0.1) is 5.41 Å². The number of ether oxygens (including phenoxy) is 2. The van der Waals surface area contributed by atoms with E-state index in [0.29, 0.717) is 25.7 Å². The summed E-state index contributed by atoms with van der Waals surface area (Å²) in [6.07, 6.45) is 2.90. The lowest BCUT2D eigenvalue weighted by Gasteiger charge is -2.27. The first-order valence-electron chi connectivity index (χ1n) is 7.04. The number of hydrogen-bond donors (Lipinski definition) is 1. The van der Waals surface area contributed by atoms with Gasteiger partial charge in [0.05, 0.1) is 13.2 Å². The molecular weight excluding hydrogens is 248 g/mol. The molecule has 0 radical (unpaired) electrons. The second kappa shape index (κ2) is 9.78. The van der Waals surface area contributed by atoms with Crippen molar-refractivity contribution in [3.8, 4) is 0 Å². The summed E-state index contributed by atoms with van der Waals surface area (Å²) in [5, 5.41) is 8.76. The SMILES string of the molecule is CCOC(=O)C(CC)(CCCCCO)C(=O)OCC. The lowest BCUT2D eigenvalue weighted by Crippen LogP contribution is -2.41. The van der Waals surface area contributed by atoms with Gasteiger partial charge in [-0.15, -0.1) is 0 Å². The predicted molar refractivity (Wildman–Crippen MR) is 71.5 cm³/mol. The third-order valence-electron chi connectivity index (χ3n) is 3.20. The highest BCUT2D eigenvalue weighted by Gasteiger charge is 2.46. The standard InChI is InChI=1S/C14H26O5/c1-4-14(12(16)18-5-2,13(17)19-6-3)10-8-7-9-11-15/h15H,4-11H2,1-3H3. The largest absolute Gasteiger partial charge is 0.465 e. The number of carbonyl (C=O) groups is 2. The summed E-state index contributed by atoms with van der Waals surface area (Å²) in [6.45, 7) is 5.84. The molecule has 1 N–H and O–H groups in total. The summed E-state index contributed by atoms with van der Waals surface area (Å²) in [5.41, 5.74) is -1.19. The third kappa shape index (κ3) is 5.19. The van der Waals surface area contributed by atoms with Gasteiger partial charge in [0, 0.05) is 6.61 Å². The molecule has 0 atom stereocenters. The zero-order valence-electron chi connectivity index (χ0n) is 12.2. The molecule has 0 bridgehead atoms.